The number of nitrogens with zero attached hydrogens (tertiary/aromatic N) is 1. The van der Waals surface area contributed by atoms with Crippen molar-refractivity contribution in [2.45, 2.75) is 6.54 Å². The van der Waals surface area contributed by atoms with Crippen molar-refractivity contribution in [1.82, 2.24) is 4.90 Å². The number of hydrogen-bond donors (Lipinski definition) is 0. The minimum atomic E-state index is 0.277. The van der Waals surface area contributed by atoms with Crippen LogP contribution in [0.5, 0.6) is 11.5 Å². The molecule has 3 heteroatoms. The largest absolute Gasteiger partial charge is 0.454 e. The summed E-state index contributed by atoms with van der Waals surface area (Å²) in [5, 5.41) is 0. The fraction of sp³-hybridized carbons (Fsp3) is 0.222. The lowest BCUT2D eigenvalue weighted by atomic mass is 9.97. The summed E-state index contributed by atoms with van der Waals surface area (Å²) in [5.41, 5.74) is 3.40. The number of ether oxygens (including phenoxy) is 2. The van der Waals surface area contributed by atoms with E-state index in [4.69, 9.17) is 15.9 Å². The molecule has 21 heavy (non-hydrogen) atoms. The van der Waals surface area contributed by atoms with Crippen LogP contribution in [0.3, 0.4) is 0 Å². The van der Waals surface area contributed by atoms with Gasteiger partial charge in [-0.3, -0.25) is 4.90 Å². The normalized spacial score (nSPS) is 12.4. The first kappa shape index (κ1) is 13.5. The third-order valence-corrected chi connectivity index (χ3v) is 3.49. The van der Waals surface area contributed by atoms with Gasteiger partial charge in [0.1, 0.15) is 0 Å². The van der Waals surface area contributed by atoms with E-state index in [-0.39, 0.29) is 6.79 Å². The van der Waals surface area contributed by atoms with Gasteiger partial charge in [0.25, 0.3) is 0 Å². The third kappa shape index (κ3) is 2.72. The summed E-state index contributed by atoms with van der Waals surface area (Å²) in [5.74, 6) is 4.30. The number of fused-ring (bicyclic) bond motifs is 1. The molecule has 0 bridgehead atoms. The molecule has 0 saturated carbocycles. The van der Waals surface area contributed by atoms with Crippen molar-refractivity contribution < 1.29 is 9.47 Å². The summed E-state index contributed by atoms with van der Waals surface area (Å²) >= 11 is 0. The Hall–Kier alpha value is -2.44. The fourth-order valence-electron chi connectivity index (χ4n) is 2.57. The first-order valence-corrected chi connectivity index (χ1v) is 6.88. The summed E-state index contributed by atoms with van der Waals surface area (Å²) in [6.45, 7) is 1.66. The van der Waals surface area contributed by atoms with E-state index < -0.39 is 0 Å². The van der Waals surface area contributed by atoms with E-state index in [1.807, 2.05) is 31.3 Å². The Kier molecular flexibility index (Phi) is 3.81. The summed E-state index contributed by atoms with van der Waals surface area (Å²) in [6.07, 6.45) is 5.39. The monoisotopic (exact) mass is 279 g/mol. The molecule has 2 aromatic carbocycles. The molecule has 3 rings (SSSR count). The number of benzene rings is 2. The van der Waals surface area contributed by atoms with Crippen molar-refractivity contribution >= 4 is 0 Å². The van der Waals surface area contributed by atoms with E-state index in [2.05, 4.69) is 29.0 Å². The molecule has 0 atom stereocenters. The summed E-state index contributed by atoms with van der Waals surface area (Å²) in [4.78, 5) is 2.10. The Morgan fingerprint density at radius 1 is 1.14 bits per heavy atom. The average molecular weight is 279 g/mol. The molecule has 2 aromatic rings. The van der Waals surface area contributed by atoms with Gasteiger partial charge in [0.05, 0.1) is 6.54 Å². The van der Waals surface area contributed by atoms with Crippen molar-refractivity contribution in [2.75, 3.05) is 20.4 Å². The fourth-order valence-corrected chi connectivity index (χ4v) is 2.57. The molecule has 0 N–H and O–H groups in total. The summed E-state index contributed by atoms with van der Waals surface area (Å²) in [7, 11) is 2.01. The lowest BCUT2D eigenvalue weighted by Crippen LogP contribution is -2.18. The molecule has 106 valence electrons. The van der Waals surface area contributed by atoms with E-state index in [1.165, 1.54) is 5.56 Å². The first-order valence-electron chi connectivity index (χ1n) is 6.88. The molecule has 0 fully saturated rings. The molecular formula is C18H17NO2. The standard InChI is InChI=1S/C18H17NO2/c1-3-11-19(2)12-15-9-10-16-18(21-13-20-16)17(15)14-7-5-4-6-8-14/h1,4-10H,11-13H2,2H3. The third-order valence-electron chi connectivity index (χ3n) is 3.49. The minimum absolute atomic E-state index is 0.277. The van der Waals surface area contributed by atoms with E-state index in [0.717, 1.165) is 29.2 Å². The van der Waals surface area contributed by atoms with Crippen LogP contribution in [0.25, 0.3) is 11.1 Å². The Labute approximate surface area is 125 Å². The van der Waals surface area contributed by atoms with Crippen LogP contribution in [-0.4, -0.2) is 25.3 Å². The first-order chi connectivity index (χ1) is 10.3. The Balaban J connectivity index is 2.06. The zero-order valence-electron chi connectivity index (χ0n) is 12.0. The molecule has 0 radical (unpaired) electrons. The van der Waals surface area contributed by atoms with Crippen LogP contribution in [0.2, 0.25) is 0 Å². The molecule has 1 heterocycles. The Bertz CT molecular complexity index is 674. The molecule has 0 aromatic heterocycles. The quantitative estimate of drug-likeness (QED) is 0.803. The smallest absolute Gasteiger partial charge is 0.231 e. The van der Waals surface area contributed by atoms with Gasteiger partial charge in [0.2, 0.25) is 6.79 Å². The van der Waals surface area contributed by atoms with Gasteiger partial charge in [0.15, 0.2) is 11.5 Å². The van der Waals surface area contributed by atoms with E-state index in [1.54, 1.807) is 0 Å². The molecule has 1 aliphatic rings. The minimum Gasteiger partial charge on any atom is -0.454 e. The molecule has 0 spiro atoms. The Morgan fingerprint density at radius 3 is 2.71 bits per heavy atom. The van der Waals surface area contributed by atoms with E-state index in [0.29, 0.717) is 6.54 Å². The molecule has 0 amide bonds. The number of rotatable bonds is 4. The zero-order valence-corrected chi connectivity index (χ0v) is 12.0. The van der Waals surface area contributed by atoms with Crippen LogP contribution < -0.4 is 9.47 Å². The SMILES string of the molecule is C#CCN(C)Cc1ccc2c(c1-c1ccccc1)OCO2. The highest BCUT2D eigenvalue weighted by molar-refractivity contribution is 5.77. The second-order valence-electron chi connectivity index (χ2n) is 5.08. The van der Waals surface area contributed by atoms with Crippen molar-refractivity contribution in [3.8, 4) is 35.0 Å². The summed E-state index contributed by atoms with van der Waals surface area (Å²) in [6, 6.07) is 14.3. The van der Waals surface area contributed by atoms with Crippen molar-refractivity contribution in [3.63, 3.8) is 0 Å². The highest BCUT2D eigenvalue weighted by atomic mass is 16.7. The second-order valence-corrected chi connectivity index (χ2v) is 5.08. The molecular weight excluding hydrogens is 262 g/mol. The van der Waals surface area contributed by atoms with Crippen LogP contribution >= 0.6 is 0 Å². The topological polar surface area (TPSA) is 21.7 Å². The molecule has 3 nitrogen and oxygen atoms in total. The average Bonchev–Trinajstić information content (AvgIpc) is 2.96. The van der Waals surface area contributed by atoms with Crippen LogP contribution in [0.4, 0.5) is 0 Å². The van der Waals surface area contributed by atoms with Gasteiger partial charge in [-0.2, -0.15) is 0 Å². The Morgan fingerprint density at radius 2 is 1.95 bits per heavy atom. The molecule has 0 saturated heterocycles. The molecule has 0 unspecified atom stereocenters. The molecule has 1 aliphatic heterocycles. The van der Waals surface area contributed by atoms with Gasteiger partial charge in [0, 0.05) is 12.1 Å². The second kappa shape index (κ2) is 5.90. The maximum absolute atomic E-state index is 5.69. The van der Waals surface area contributed by atoms with Crippen LogP contribution in [0.15, 0.2) is 42.5 Å². The van der Waals surface area contributed by atoms with Gasteiger partial charge in [-0.05, 0) is 24.2 Å². The summed E-state index contributed by atoms with van der Waals surface area (Å²) < 4.78 is 11.2. The van der Waals surface area contributed by atoms with E-state index >= 15 is 0 Å². The van der Waals surface area contributed by atoms with Crippen molar-refractivity contribution in [2.24, 2.45) is 0 Å². The van der Waals surface area contributed by atoms with Crippen LogP contribution in [-0.2, 0) is 6.54 Å². The number of terminal acetylenes is 1. The van der Waals surface area contributed by atoms with Crippen LogP contribution in [0, 0.1) is 12.3 Å². The maximum atomic E-state index is 5.69. The predicted molar refractivity (Wildman–Crippen MR) is 83.2 cm³/mol. The predicted octanol–water partition coefficient (Wildman–Crippen LogP) is 3.15. The van der Waals surface area contributed by atoms with Gasteiger partial charge in [-0.1, -0.05) is 42.3 Å². The molecule has 0 aliphatic carbocycles. The van der Waals surface area contributed by atoms with Gasteiger partial charge >= 0.3 is 0 Å². The van der Waals surface area contributed by atoms with Gasteiger partial charge in [-0.15, -0.1) is 6.42 Å². The highest BCUT2D eigenvalue weighted by Gasteiger charge is 2.22. The van der Waals surface area contributed by atoms with Crippen molar-refractivity contribution in [1.29, 1.82) is 0 Å². The lowest BCUT2D eigenvalue weighted by molar-refractivity contribution is 0.174. The van der Waals surface area contributed by atoms with E-state index in [9.17, 15) is 0 Å². The zero-order chi connectivity index (χ0) is 14.7. The lowest BCUT2D eigenvalue weighted by Gasteiger charge is -2.18. The van der Waals surface area contributed by atoms with Crippen molar-refractivity contribution in [3.05, 3.63) is 48.0 Å². The van der Waals surface area contributed by atoms with Crippen LogP contribution in [0.1, 0.15) is 5.56 Å². The number of hydrogen-bond acceptors (Lipinski definition) is 3. The highest BCUT2D eigenvalue weighted by Crippen LogP contribution is 2.43. The maximum Gasteiger partial charge on any atom is 0.231 e. The van der Waals surface area contributed by atoms with Gasteiger partial charge in [-0.25, -0.2) is 0 Å². The van der Waals surface area contributed by atoms with Gasteiger partial charge < -0.3 is 9.47 Å².